The van der Waals surface area contributed by atoms with Gasteiger partial charge in [0.25, 0.3) is 0 Å². The number of amides is 1. The van der Waals surface area contributed by atoms with Gasteiger partial charge >= 0.3 is 6.09 Å². The van der Waals surface area contributed by atoms with Crippen molar-refractivity contribution in [1.82, 2.24) is 14.8 Å². The molecule has 2 saturated heterocycles. The number of piperidine rings is 1. The fourth-order valence-corrected chi connectivity index (χ4v) is 8.69. The zero-order valence-corrected chi connectivity index (χ0v) is 24.8. The van der Waals surface area contributed by atoms with E-state index in [1.165, 1.54) is 35.0 Å². The standard InChI is InChI=1S/C31H37FIN3O3/c1-2-38-28-22(13-26(20-3-4-20)27(34-28)21-5-7-25(32)8-6-21)18-35-11-9-31(10-12-35)19-36(29(37)39-31)30-14-23(15-30)24(16-30)17-33/h5-8,13,20,23-24H,2-4,9-12,14-19H2,1H3/t23?,24-,30?/m1/s1. The van der Waals surface area contributed by atoms with Crippen LogP contribution in [0, 0.1) is 17.7 Å². The van der Waals surface area contributed by atoms with Crippen molar-refractivity contribution in [3.8, 4) is 17.1 Å². The summed E-state index contributed by atoms with van der Waals surface area (Å²) in [6.45, 7) is 5.82. The van der Waals surface area contributed by atoms with Crippen LogP contribution in [0.15, 0.2) is 30.3 Å². The van der Waals surface area contributed by atoms with Gasteiger partial charge in [-0.3, -0.25) is 9.80 Å². The molecule has 8 heteroatoms. The Kier molecular flexibility index (Phi) is 6.57. The third kappa shape index (κ3) is 4.63. The number of aromatic nitrogens is 1. The fourth-order valence-electron chi connectivity index (χ4n) is 7.66. The highest BCUT2D eigenvalue weighted by molar-refractivity contribution is 14.1. The summed E-state index contributed by atoms with van der Waals surface area (Å²) in [7, 11) is 0. The number of nitrogens with zero attached hydrogens (tertiary/aromatic N) is 3. The summed E-state index contributed by atoms with van der Waals surface area (Å²) in [6, 6.07) is 8.91. The number of hydrogen-bond acceptors (Lipinski definition) is 5. The molecule has 0 radical (unpaired) electrons. The van der Waals surface area contributed by atoms with Gasteiger partial charge in [-0.1, -0.05) is 22.6 Å². The number of benzene rings is 1. The molecule has 2 aliphatic heterocycles. The van der Waals surface area contributed by atoms with Crippen molar-refractivity contribution in [2.75, 3.05) is 30.7 Å². The first-order valence-corrected chi connectivity index (χ1v) is 16.1. The topological polar surface area (TPSA) is 54.9 Å². The van der Waals surface area contributed by atoms with Gasteiger partial charge in [-0.05, 0) is 92.7 Å². The zero-order chi connectivity index (χ0) is 26.8. The molecule has 208 valence electrons. The molecule has 6 nitrogen and oxygen atoms in total. The van der Waals surface area contributed by atoms with Gasteiger partial charge in [-0.25, -0.2) is 14.2 Å². The number of halogens is 2. The number of ether oxygens (including phenoxy) is 2. The number of hydrogen-bond donors (Lipinski definition) is 0. The van der Waals surface area contributed by atoms with Gasteiger partial charge in [0, 0.05) is 53.6 Å². The van der Waals surface area contributed by atoms with Crippen LogP contribution < -0.4 is 4.74 Å². The molecule has 0 unspecified atom stereocenters. The first kappa shape index (κ1) is 26.0. The molecule has 3 heterocycles. The van der Waals surface area contributed by atoms with Crippen molar-refractivity contribution in [2.45, 2.75) is 75.5 Å². The Hall–Kier alpha value is -1.94. The minimum atomic E-state index is -0.345. The quantitative estimate of drug-likeness (QED) is 0.241. The van der Waals surface area contributed by atoms with Crippen molar-refractivity contribution in [1.29, 1.82) is 0 Å². The molecule has 1 aromatic heterocycles. The predicted molar refractivity (Wildman–Crippen MR) is 156 cm³/mol. The summed E-state index contributed by atoms with van der Waals surface area (Å²) in [6.07, 6.45) is 7.48. The van der Waals surface area contributed by atoms with Crippen molar-refractivity contribution in [2.24, 2.45) is 11.8 Å². The molecular formula is C31H37FIN3O3. The summed E-state index contributed by atoms with van der Waals surface area (Å²) >= 11 is 2.51. The molecule has 6 aliphatic rings. The van der Waals surface area contributed by atoms with E-state index in [-0.39, 0.29) is 23.1 Å². The minimum absolute atomic E-state index is 0.0712. The van der Waals surface area contributed by atoms with Crippen molar-refractivity contribution in [3.63, 3.8) is 0 Å². The predicted octanol–water partition coefficient (Wildman–Crippen LogP) is 6.55. The summed E-state index contributed by atoms with van der Waals surface area (Å²) in [5, 5.41) is 0. The van der Waals surface area contributed by atoms with Crippen molar-refractivity contribution in [3.05, 3.63) is 47.3 Å². The van der Waals surface area contributed by atoms with Gasteiger partial charge in [0.15, 0.2) is 0 Å². The second-order valence-electron chi connectivity index (χ2n) is 12.5. The summed E-state index contributed by atoms with van der Waals surface area (Å²) < 4.78 is 27.0. The highest BCUT2D eigenvalue weighted by atomic mass is 127. The molecule has 0 N–H and O–H groups in total. The van der Waals surface area contributed by atoms with Crippen molar-refractivity contribution >= 4 is 28.7 Å². The Morgan fingerprint density at radius 3 is 2.54 bits per heavy atom. The Bertz CT molecular complexity index is 1250. The molecule has 2 bridgehead atoms. The van der Waals surface area contributed by atoms with Crippen LogP contribution in [0.4, 0.5) is 9.18 Å². The maximum Gasteiger partial charge on any atom is 0.410 e. The van der Waals surface area contributed by atoms with Gasteiger partial charge in [0.2, 0.25) is 5.88 Å². The number of carbonyl (C=O) groups is 1. The van der Waals surface area contributed by atoms with E-state index in [4.69, 9.17) is 14.5 Å². The average Bonchev–Trinajstić information content (AvgIpc) is 3.50. The van der Waals surface area contributed by atoms with E-state index in [0.717, 1.165) is 86.9 Å². The highest BCUT2D eigenvalue weighted by Crippen LogP contribution is 2.60. The Labute approximate surface area is 243 Å². The van der Waals surface area contributed by atoms with Gasteiger partial charge in [-0.2, -0.15) is 0 Å². The molecule has 2 aromatic rings. The number of likely N-dealkylation sites (tertiary alicyclic amines) is 1. The van der Waals surface area contributed by atoms with Crippen molar-refractivity contribution < 1.29 is 18.7 Å². The number of alkyl halides is 1. The highest BCUT2D eigenvalue weighted by Gasteiger charge is 2.63. The molecule has 1 atom stereocenters. The van der Waals surface area contributed by atoms with Crippen LogP contribution in [-0.4, -0.2) is 62.7 Å². The largest absolute Gasteiger partial charge is 0.478 e. The molecule has 39 heavy (non-hydrogen) atoms. The van der Waals surface area contributed by atoms with Gasteiger partial charge < -0.3 is 9.47 Å². The maximum atomic E-state index is 13.6. The Balaban J connectivity index is 1.06. The van der Waals surface area contributed by atoms with E-state index in [2.05, 4.69) is 38.5 Å². The van der Waals surface area contributed by atoms with Crippen LogP contribution in [0.5, 0.6) is 5.88 Å². The number of rotatable bonds is 8. The van der Waals surface area contributed by atoms with Crippen LogP contribution in [0.3, 0.4) is 0 Å². The lowest BCUT2D eigenvalue weighted by atomic mass is 9.74. The van der Waals surface area contributed by atoms with E-state index >= 15 is 0 Å². The lowest BCUT2D eigenvalue weighted by molar-refractivity contribution is -0.00223. The second-order valence-corrected chi connectivity index (χ2v) is 13.4. The number of fused-ring (bicyclic) bond motifs is 1. The second kappa shape index (κ2) is 9.86. The SMILES string of the molecule is CCOc1nc(-c2ccc(F)cc2)c(C2CC2)cc1CN1CCC2(CC1)CN(C13CC(C1)[C@@H](CI)C3)C(=O)O2. The molecule has 4 saturated carbocycles. The number of carbonyl (C=O) groups excluding carboxylic acids is 1. The number of pyridine rings is 1. The third-order valence-electron chi connectivity index (χ3n) is 10.0. The smallest absolute Gasteiger partial charge is 0.410 e. The third-order valence-corrected chi connectivity index (χ3v) is 11.1. The minimum Gasteiger partial charge on any atom is -0.478 e. The molecular weight excluding hydrogens is 608 g/mol. The van der Waals surface area contributed by atoms with Crippen LogP contribution >= 0.6 is 22.6 Å². The van der Waals surface area contributed by atoms with Crippen LogP contribution in [0.25, 0.3) is 11.3 Å². The lowest BCUT2D eigenvalue weighted by Crippen LogP contribution is -2.54. The fraction of sp³-hybridized carbons (Fsp3) is 0.613. The van der Waals surface area contributed by atoms with E-state index in [9.17, 15) is 9.18 Å². The molecule has 1 aromatic carbocycles. The van der Waals surface area contributed by atoms with E-state index < -0.39 is 0 Å². The summed E-state index contributed by atoms with van der Waals surface area (Å²) in [4.78, 5) is 22.6. The Morgan fingerprint density at radius 1 is 1.15 bits per heavy atom. The van der Waals surface area contributed by atoms with E-state index in [0.29, 0.717) is 18.4 Å². The summed E-state index contributed by atoms with van der Waals surface area (Å²) in [5.41, 5.74) is 3.93. The van der Waals surface area contributed by atoms with E-state index in [1.54, 1.807) is 0 Å². The molecule has 1 spiro atoms. The Morgan fingerprint density at radius 2 is 1.90 bits per heavy atom. The van der Waals surface area contributed by atoms with Gasteiger partial charge in [0.1, 0.15) is 11.4 Å². The summed E-state index contributed by atoms with van der Waals surface area (Å²) in [5.74, 6) is 2.51. The molecule has 8 rings (SSSR count). The molecule has 1 amide bonds. The maximum absolute atomic E-state index is 13.6. The first-order chi connectivity index (χ1) is 18.9. The lowest BCUT2D eigenvalue weighted by Gasteiger charge is -2.45. The van der Waals surface area contributed by atoms with Crippen LogP contribution in [0.1, 0.15) is 68.9 Å². The van der Waals surface area contributed by atoms with Crippen LogP contribution in [0.2, 0.25) is 0 Å². The monoisotopic (exact) mass is 645 g/mol. The molecule has 4 aliphatic carbocycles. The molecule has 6 fully saturated rings. The normalized spacial score (nSPS) is 29.5. The van der Waals surface area contributed by atoms with Crippen LogP contribution in [-0.2, 0) is 11.3 Å². The van der Waals surface area contributed by atoms with E-state index in [1.807, 2.05) is 19.1 Å². The van der Waals surface area contributed by atoms with Gasteiger partial charge in [-0.15, -0.1) is 0 Å². The average molecular weight is 646 g/mol. The zero-order valence-electron chi connectivity index (χ0n) is 22.6. The van der Waals surface area contributed by atoms with Gasteiger partial charge in [0.05, 0.1) is 18.8 Å². The first-order valence-electron chi connectivity index (χ1n) is 14.6.